The van der Waals surface area contributed by atoms with Crippen LogP contribution in [-0.2, 0) is 4.74 Å². The van der Waals surface area contributed by atoms with Gasteiger partial charge in [0.05, 0.1) is 12.7 Å². The Morgan fingerprint density at radius 1 is 1.60 bits per heavy atom. The van der Waals surface area contributed by atoms with Gasteiger partial charge in [0.25, 0.3) is 0 Å². The predicted molar refractivity (Wildman–Crippen MR) is 52.8 cm³/mol. The van der Waals surface area contributed by atoms with E-state index in [0.717, 1.165) is 0 Å². The third-order valence-corrected chi connectivity index (χ3v) is 2.14. The Kier molecular flexibility index (Phi) is 2.21. The number of H-pyrrole nitrogens is 1. The van der Waals surface area contributed by atoms with Gasteiger partial charge < -0.3 is 9.72 Å². The van der Waals surface area contributed by atoms with E-state index in [9.17, 15) is 9.59 Å². The normalized spacial score (nSPS) is 10.2. The molecular weight excluding hydrogens is 196 g/mol. The van der Waals surface area contributed by atoms with E-state index >= 15 is 0 Å². The zero-order valence-electron chi connectivity index (χ0n) is 7.98. The van der Waals surface area contributed by atoms with Gasteiger partial charge in [-0.25, -0.2) is 9.78 Å². The Bertz CT molecular complexity index is 530. The molecule has 0 bridgehead atoms. The predicted octanol–water partition coefficient (Wildman–Crippen LogP) is 1.16. The molecule has 0 aromatic carbocycles. The van der Waals surface area contributed by atoms with E-state index in [1.54, 1.807) is 6.07 Å². The number of pyridine rings is 1. The minimum Gasteiger partial charge on any atom is -0.465 e. The Morgan fingerprint density at radius 2 is 2.40 bits per heavy atom. The van der Waals surface area contributed by atoms with Crippen LogP contribution in [0.25, 0.3) is 11.0 Å². The quantitative estimate of drug-likeness (QED) is 0.588. The largest absolute Gasteiger partial charge is 0.465 e. The van der Waals surface area contributed by atoms with E-state index in [0.29, 0.717) is 28.4 Å². The van der Waals surface area contributed by atoms with E-state index < -0.39 is 5.97 Å². The van der Waals surface area contributed by atoms with Gasteiger partial charge in [-0.15, -0.1) is 0 Å². The summed E-state index contributed by atoms with van der Waals surface area (Å²) in [7, 11) is 1.29. The lowest BCUT2D eigenvalue weighted by Gasteiger charge is -1.98. The fourth-order valence-electron chi connectivity index (χ4n) is 1.45. The third-order valence-electron chi connectivity index (χ3n) is 2.14. The van der Waals surface area contributed by atoms with Crippen molar-refractivity contribution in [3.63, 3.8) is 0 Å². The summed E-state index contributed by atoms with van der Waals surface area (Å²) in [5, 5.41) is 0.499. The second kappa shape index (κ2) is 3.53. The number of aldehydes is 1. The number of nitrogens with zero attached hydrogens (tertiary/aromatic N) is 1. The molecule has 2 heterocycles. The highest BCUT2D eigenvalue weighted by atomic mass is 16.5. The van der Waals surface area contributed by atoms with E-state index in [2.05, 4.69) is 14.7 Å². The van der Waals surface area contributed by atoms with Crippen LogP contribution in [0.2, 0.25) is 0 Å². The van der Waals surface area contributed by atoms with E-state index in [1.165, 1.54) is 19.5 Å². The van der Waals surface area contributed by atoms with Gasteiger partial charge in [-0.1, -0.05) is 0 Å². The molecule has 0 spiro atoms. The number of aromatic amines is 1. The lowest BCUT2D eigenvalue weighted by molar-refractivity contribution is 0.0603. The van der Waals surface area contributed by atoms with Gasteiger partial charge in [-0.3, -0.25) is 4.79 Å². The molecule has 0 unspecified atom stereocenters. The van der Waals surface area contributed by atoms with Crippen molar-refractivity contribution >= 4 is 23.3 Å². The topological polar surface area (TPSA) is 72.1 Å². The summed E-state index contributed by atoms with van der Waals surface area (Å²) in [6.07, 6.45) is 3.67. The summed E-state index contributed by atoms with van der Waals surface area (Å²) in [4.78, 5) is 29.0. The number of nitrogens with one attached hydrogen (secondary N) is 1. The van der Waals surface area contributed by atoms with Gasteiger partial charge in [0.1, 0.15) is 5.65 Å². The number of hydrogen-bond donors (Lipinski definition) is 1. The molecule has 0 amide bonds. The average Bonchev–Trinajstić information content (AvgIpc) is 2.71. The maximum absolute atomic E-state index is 11.4. The fourth-order valence-corrected chi connectivity index (χ4v) is 1.45. The van der Waals surface area contributed by atoms with Crippen molar-refractivity contribution in [1.29, 1.82) is 0 Å². The highest BCUT2D eigenvalue weighted by Gasteiger charge is 2.15. The number of rotatable bonds is 2. The van der Waals surface area contributed by atoms with Gasteiger partial charge in [0, 0.05) is 23.3 Å². The SMILES string of the molecule is COC(=O)c1c[nH]c2nccc(C=O)c12. The highest BCUT2D eigenvalue weighted by Crippen LogP contribution is 2.20. The maximum Gasteiger partial charge on any atom is 0.340 e. The minimum atomic E-state index is -0.489. The average molecular weight is 204 g/mol. The van der Waals surface area contributed by atoms with Gasteiger partial charge >= 0.3 is 5.97 Å². The Labute approximate surface area is 85.1 Å². The first kappa shape index (κ1) is 9.39. The molecule has 0 saturated heterocycles. The van der Waals surface area contributed by atoms with E-state index in [-0.39, 0.29) is 0 Å². The van der Waals surface area contributed by atoms with Gasteiger partial charge in [0.2, 0.25) is 0 Å². The Balaban J connectivity index is 2.76. The van der Waals surface area contributed by atoms with Crippen LogP contribution in [0.15, 0.2) is 18.5 Å². The van der Waals surface area contributed by atoms with Crippen LogP contribution < -0.4 is 0 Å². The fraction of sp³-hybridized carbons (Fsp3) is 0.100. The van der Waals surface area contributed by atoms with Crippen LogP contribution in [0.5, 0.6) is 0 Å². The highest BCUT2D eigenvalue weighted by molar-refractivity contribution is 6.09. The Hall–Kier alpha value is -2.17. The maximum atomic E-state index is 11.4. The molecule has 0 aliphatic heterocycles. The zero-order chi connectivity index (χ0) is 10.8. The molecule has 0 aliphatic carbocycles. The van der Waals surface area contributed by atoms with Crippen LogP contribution in [0.3, 0.4) is 0 Å². The molecular formula is C10H8N2O3. The molecule has 5 nitrogen and oxygen atoms in total. The van der Waals surface area contributed by atoms with Crippen molar-refractivity contribution in [1.82, 2.24) is 9.97 Å². The van der Waals surface area contributed by atoms with E-state index in [4.69, 9.17) is 0 Å². The number of aromatic nitrogens is 2. The molecule has 15 heavy (non-hydrogen) atoms. The molecule has 0 saturated carbocycles. The summed E-state index contributed by atoms with van der Waals surface area (Å²) in [6, 6.07) is 1.55. The molecule has 2 rings (SSSR count). The summed E-state index contributed by atoms with van der Waals surface area (Å²) in [5.41, 5.74) is 1.24. The number of hydrogen-bond acceptors (Lipinski definition) is 4. The molecule has 0 aliphatic rings. The van der Waals surface area contributed by atoms with Crippen LogP contribution in [0.1, 0.15) is 20.7 Å². The summed E-state index contributed by atoms with van der Waals surface area (Å²) < 4.78 is 4.60. The van der Waals surface area contributed by atoms with E-state index in [1.807, 2.05) is 0 Å². The van der Waals surface area contributed by atoms with Gasteiger partial charge in [0.15, 0.2) is 6.29 Å². The zero-order valence-corrected chi connectivity index (χ0v) is 7.98. The van der Waals surface area contributed by atoms with Crippen LogP contribution in [0.4, 0.5) is 0 Å². The van der Waals surface area contributed by atoms with Crippen molar-refractivity contribution in [3.8, 4) is 0 Å². The molecule has 1 N–H and O–H groups in total. The lowest BCUT2D eigenvalue weighted by Crippen LogP contribution is -2.00. The second-order valence-corrected chi connectivity index (χ2v) is 2.94. The molecule has 0 atom stereocenters. The van der Waals surface area contributed by atoms with Crippen LogP contribution in [0, 0.1) is 0 Å². The van der Waals surface area contributed by atoms with Crippen molar-refractivity contribution in [2.45, 2.75) is 0 Å². The van der Waals surface area contributed by atoms with Gasteiger partial charge in [-0.2, -0.15) is 0 Å². The number of carbonyl (C=O) groups excluding carboxylic acids is 2. The molecule has 5 heteroatoms. The lowest BCUT2D eigenvalue weighted by atomic mass is 10.1. The number of carbonyl (C=O) groups is 2. The van der Waals surface area contributed by atoms with Crippen molar-refractivity contribution in [3.05, 3.63) is 29.6 Å². The molecule has 0 radical (unpaired) electrons. The van der Waals surface area contributed by atoms with Crippen LogP contribution in [-0.4, -0.2) is 29.3 Å². The molecule has 2 aromatic heterocycles. The molecule has 2 aromatic rings. The monoisotopic (exact) mass is 204 g/mol. The first-order chi connectivity index (χ1) is 7.27. The first-order valence-corrected chi connectivity index (χ1v) is 4.27. The summed E-state index contributed by atoms with van der Waals surface area (Å²) in [6.45, 7) is 0. The smallest absolute Gasteiger partial charge is 0.340 e. The van der Waals surface area contributed by atoms with Crippen molar-refractivity contribution < 1.29 is 14.3 Å². The standard InChI is InChI=1S/C10H8N2O3/c1-15-10(14)7-4-12-9-8(7)6(5-13)2-3-11-9/h2-5H,1H3,(H,11,12). The second-order valence-electron chi connectivity index (χ2n) is 2.94. The Morgan fingerprint density at radius 3 is 3.07 bits per heavy atom. The van der Waals surface area contributed by atoms with Crippen molar-refractivity contribution in [2.75, 3.05) is 7.11 Å². The number of methoxy groups -OCH3 is 1. The number of fused-ring (bicyclic) bond motifs is 1. The molecule has 76 valence electrons. The summed E-state index contributed by atoms with van der Waals surface area (Å²) in [5.74, 6) is -0.489. The number of ether oxygens (including phenoxy) is 1. The molecule has 0 fully saturated rings. The van der Waals surface area contributed by atoms with Crippen molar-refractivity contribution in [2.24, 2.45) is 0 Å². The summed E-state index contributed by atoms with van der Waals surface area (Å²) >= 11 is 0. The van der Waals surface area contributed by atoms with Crippen LogP contribution >= 0.6 is 0 Å². The van der Waals surface area contributed by atoms with Gasteiger partial charge in [-0.05, 0) is 6.07 Å². The minimum absolute atomic E-state index is 0.322. The number of esters is 1. The third kappa shape index (κ3) is 1.38. The first-order valence-electron chi connectivity index (χ1n) is 4.27.